The van der Waals surface area contributed by atoms with Crippen LogP contribution in [0.3, 0.4) is 0 Å². The van der Waals surface area contributed by atoms with E-state index in [0.29, 0.717) is 16.4 Å². The van der Waals surface area contributed by atoms with Gasteiger partial charge in [-0.15, -0.1) is 0 Å². The lowest BCUT2D eigenvalue weighted by Gasteiger charge is -2.07. The summed E-state index contributed by atoms with van der Waals surface area (Å²) in [6.07, 6.45) is 0. The summed E-state index contributed by atoms with van der Waals surface area (Å²) in [4.78, 5) is 12.6. The number of hydrogen-bond acceptors (Lipinski definition) is 5. The molecule has 0 bridgehead atoms. The van der Waals surface area contributed by atoms with Crippen LogP contribution in [-0.4, -0.2) is 15.0 Å². The van der Waals surface area contributed by atoms with Crippen LogP contribution >= 0.6 is 23.4 Å². The van der Waals surface area contributed by atoms with Crippen LogP contribution in [-0.2, 0) is 0 Å². The number of hydrogen-bond donors (Lipinski definition) is 1. The molecule has 18 heavy (non-hydrogen) atoms. The number of anilines is 1. The van der Waals surface area contributed by atoms with Gasteiger partial charge in [-0.3, -0.25) is 0 Å². The van der Waals surface area contributed by atoms with Crippen LogP contribution in [0.1, 0.15) is 17.0 Å². The van der Waals surface area contributed by atoms with Gasteiger partial charge in [0.25, 0.3) is 0 Å². The first-order valence-electron chi connectivity index (χ1n) is 5.38. The molecular formula is C12H13ClN4S. The molecule has 0 amide bonds. The van der Waals surface area contributed by atoms with Crippen molar-refractivity contribution in [1.82, 2.24) is 15.0 Å². The molecule has 2 N–H and O–H groups in total. The molecule has 2 aromatic rings. The largest absolute Gasteiger partial charge is 0.395 e. The van der Waals surface area contributed by atoms with E-state index in [1.54, 1.807) is 0 Å². The Bertz CT molecular complexity index is 581. The summed E-state index contributed by atoms with van der Waals surface area (Å²) in [7, 11) is 0. The SMILES string of the molecule is Cc1cc(C)nc(Sc2nc(Cl)nc(C)c2N)c1. The van der Waals surface area contributed by atoms with Crippen LogP contribution in [0, 0.1) is 20.8 Å². The van der Waals surface area contributed by atoms with Crippen molar-refractivity contribution >= 4 is 29.1 Å². The Balaban J connectivity index is 2.39. The van der Waals surface area contributed by atoms with Gasteiger partial charge in [0.1, 0.15) is 10.1 Å². The highest BCUT2D eigenvalue weighted by Crippen LogP contribution is 2.31. The first-order chi connectivity index (χ1) is 8.45. The van der Waals surface area contributed by atoms with E-state index in [1.165, 1.54) is 11.8 Å². The Kier molecular flexibility index (Phi) is 3.73. The lowest BCUT2D eigenvalue weighted by atomic mass is 10.3. The minimum absolute atomic E-state index is 0.202. The van der Waals surface area contributed by atoms with Gasteiger partial charge in [0.15, 0.2) is 0 Å². The fraction of sp³-hybridized carbons (Fsp3) is 0.250. The maximum atomic E-state index is 5.94. The van der Waals surface area contributed by atoms with Crippen LogP contribution in [0.4, 0.5) is 5.69 Å². The van der Waals surface area contributed by atoms with Gasteiger partial charge >= 0.3 is 0 Å². The predicted molar refractivity (Wildman–Crippen MR) is 74.0 cm³/mol. The van der Waals surface area contributed by atoms with Crippen molar-refractivity contribution in [2.45, 2.75) is 30.8 Å². The molecule has 0 saturated carbocycles. The van der Waals surface area contributed by atoms with E-state index in [0.717, 1.165) is 16.3 Å². The average molecular weight is 281 g/mol. The molecule has 0 radical (unpaired) electrons. The number of nitrogens with zero attached hydrogens (tertiary/aromatic N) is 3. The quantitative estimate of drug-likeness (QED) is 0.676. The van der Waals surface area contributed by atoms with Gasteiger partial charge in [-0.1, -0.05) is 0 Å². The molecule has 0 unspecified atom stereocenters. The Labute approximate surface area is 115 Å². The molecule has 94 valence electrons. The normalized spacial score (nSPS) is 10.7. The highest BCUT2D eigenvalue weighted by atomic mass is 35.5. The molecule has 2 aromatic heterocycles. The number of nitrogens with two attached hydrogens (primary N) is 1. The number of aryl methyl sites for hydroxylation is 3. The molecule has 0 fully saturated rings. The summed E-state index contributed by atoms with van der Waals surface area (Å²) in [5, 5.41) is 1.70. The lowest BCUT2D eigenvalue weighted by molar-refractivity contribution is 1.00. The summed E-state index contributed by atoms with van der Waals surface area (Å²) in [6.45, 7) is 5.79. The highest BCUT2D eigenvalue weighted by molar-refractivity contribution is 7.99. The summed E-state index contributed by atoms with van der Waals surface area (Å²) in [5.41, 5.74) is 9.29. The zero-order valence-corrected chi connectivity index (χ0v) is 11.9. The molecule has 0 aliphatic rings. The van der Waals surface area contributed by atoms with E-state index in [2.05, 4.69) is 15.0 Å². The first-order valence-corrected chi connectivity index (χ1v) is 6.58. The molecule has 6 heteroatoms. The van der Waals surface area contributed by atoms with Crippen molar-refractivity contribution in [2.75, 3.05) is 5.73 Å². The van der Waals surface area contributed by atoms with E-state index in [-0.39, 0.29) is 5.28 Å². The van der Waals surface area contributed by atoms with Gasteiger partial charge in [-0.2, -0.15) is 0 Å². The van der Waals surface area contributed by atoms with E-state index >= 15 is 0 Å². The minimum Gasteiger partial charge on any atom is -0.395 e. The fourth-order valence-electron chi connectivity index (χ4n) is 1.56. The zero-order chi connectivity index (χ0) is 13.3. The Morgan fingerprint density at radius 2 is 1.83 bits per heavy atom. The minimum atomic E-state index is 0.202. The molecule has 0 aliphatic carbocycles. The van der Waals surface area contributed by atoms with Gasteiger partial charge in [0.2, 0.25) is 5.28 Å². The Morgan fingerprint density at radius 1 is 1.11 bits per heavy atom. The zero-order valence-electron chi connectivity index (χ0n) is 10.4. The lowest BCUT2D eigenvalue weighted by Crippen LogP contribution is -1.99. The first kappa shape index (κ1) is 13.1. The average Bonchev–Trinajstić information content (AvgIpc) is 2.23. The Morgan fingerprint density at radius 3 is 2.50 bits per heavy atom. The van der Waals surface area contributed by atoms with Crippen LogP contribution in [0.15, 0.2) is 22.2 Å². The molecule has 0 saturated heterocycles. The maximum absolute atomic E-state index is 5.94. The maximum Gasteiger partial charge on any atom is 0.223 e. The van der Waals surface area contributed by atoms with Gasteiger partial charge in [0, 0.05) is 5.69 Å². The third-order valence-corrected chi connectivity index (χ3v) is 3.44. The summed E-state index contributed by atoms with van der Waals surface area (Å²) in [6, 6.07) is 4.01. The van der Waals surface area contributed by atoms with E-state index < -0.39 is 0 Å². The summed E-state index contributed by atoms with van der Waals surface area (Å²) >= 11 is 7.24. The highest BCUT2D eigenvalue weighted by Gasteiger charge is 2.10. The van der Waals surface area contributed by atoms with E-state index in [1.807, 2.05) is 32.9 Å². The monoisotopic (exact) mass is 280 g/mol. The fourth-order valence-corrected chi connectivity index (χ4v) is 2.84. The van der Waals surface area contributed by atoms with Crippen molar-refractivity contribution in [1.29, 1.82) is 0 Å². The number of halogens is 1. The summed E-state index contributed by atoms with van der Waals surface area (Å²) in [5.74, 6) is 0. The molecule has 2 heterocycles. The second kappa shape index (κ2) is 5.12. The predicted octanol–water partition coefficient (Wildman–Crippen LogP) is 3.18. The van der Waals surface area contributed by atoms with Crippen molar-refractivity contribution < 1.29 is 0 Å². The van der Waals surface area contributed by atoms with Gasteiger partial charge in [0.05, 0.1) is 11.4 Å². The van der Waals surface area contributed by atoms with E-state index in [4.69, 9.17) is 17.3 Å². The van der Waals surface area contributed by atoms with Crippen molar-refractivity contribution in [3.05, 3.63) is 34.4 Å². The second-order valence-electron chi connectivity index (χ2n) is 4.02. The number of rotatable bonds is 2. The van der Waals surface area contributed by atoms with Crippen LogP contribution < -0.4 is 5.73 Å². The standard InChI is InChI=1S/C12H13ClN4S/c1-6-4-7(2)15-9(5-6)18-11-10(14)8(3)16-12(13)17-11/h4-5H,14H2,1-3H3. The van der Waals surface area contributed by atoms with Crippen LogP contribution in [0.5, 0.6) is 0 Å². The van der Waals surface area contributed by atoms with Gasteiger partial charge < -0.3 is 5.73 Å². The van der Waals surface area contributed by atoms with Crippen LogP contribution in [0.25, 0.3) is 0 Å². The second-order valence-corrected chi connectivity index (χ2v) is 5.37. The van der Waals surface area contributed by atoms with E-state index in [9.17, 15) is 0 Å². The number of nitrogen functional groups attached to an aromatic ring is 1. The topological polar surface area (TPSA) is 64.7 Å². The number of aromatic nitrogens is 3. The molecule has 0 atom stereocenters. The third kappa shape index (κ3) is 2.91. The molecule has 2 rings (SSSR count). The molecular weight excluding hydrogens is 268 g/mol. The van der Waals surface area contributed by atoms with Crippen molar-refractivity contribution in [3.8, 4) is 0 Å². The van der Waals surface area contributed by atoms with Crippen molar-refractivity contribution in [2.24, 2.45) is 0 Å². The molecule has 0 spiro atoms. The van der Waals surface area contributed by atoms with Gasteiger partial charge in [-0.25, -0.2) is 15.0 Å². The smallest absolute Gasteiger partial charge is 0.223 e. The molecule has 4 nitrogen and oxygen atoms in total. The molecule has 0 aromatic carbocycles. The number of pyridine rings is 1. The van der Waals surface area contributed by atoms with Crippen LogP contribution in [0.2, 0.25) is 5.28 Å². The summed E-state index contributed by atoms with van der Waals surface area (Å²) < 4.78 is 0. The molecule has 0 aliphatic heterocycles. The third-order valence-electron chi connectivity index (χ3n) is 2.35. The van der Waals surface area contributed by atoms with Gasteiger partial charge in [-0.05, 0) is 61.8 Å². The van der Waals surface area contributed by atoms with Crippen molar-refractivity contribution in [3.63, 3.8) is 0 Å². The Hall–Kier alpha value is -1.33.